The zero-order valence-corrected chi connectivity index (χ0v) is 18.6. The minimum atomic E-state index is -1.32. The van der Waals surface area contributed by atoms with Gasteiger partial charge in [0.25, 0.3) is 5.91 Å². The van der Waals surface area contributed by atoms with E-state index < -0.39 is 23.8 Å². The summed E-state index contributed by atoms with van der Waals surface area (Å²) in [4.78, 5) is 37.9. The Hall–Kier alpha value is -2.61. The lowest BCUT2D eigenvalue weighted by Crippen LogP contribution is -2.43. The van der Waals surface area contributed by atoms with Crippen molar-refractivity contribution in [3.63, 3.8) is 0 Å². The molecule has 0 aromatic heterocycles. The summed E-state index contributed by atoms with van der Waals surface area (Å²) in [6, 6.07) is 9.30. The Morgan fingerprint density at radius 2 is 1.97 bits per heavy atom. The minimum absolute atomic E-state index is 0.0566. The van der Waals surface area contributed by atoms with E-state index in [0.29, 0.717) is 28.7 Å². The predicted octanol–water partition coefficient (Wildman–Crippen LogP) is 2.89. The van der Waals surface area contributed by atoms with E-state index in [0.717, 1.165) is 16.7 Å². The van der Waals surface area contributed by atoms with E-state index in [1.807, 2.05) is 19.2 Å². The molecule has 31 heavy (non-hydrogen) atoms. The van der Waals surface area contributed by atoms with E-state index in [-0.39, 0.29) is 12.3 Å². The van der Waals surface area contributed by atoms with E-state index in [9.17, 15) is 19.5 Å². The zero-order valence-electron chi connectivity index (χ0n) is 17.1. The summed E-state index contributed by atoms with van der Waals surface area (Å²) in [5.41, 5.74) is 3.20. The number of nitrogens with zero attached hydrogens (tertiary/aromatic N) is 1. The molecule has 1 aliphatic heterocycles. The molecular weight excluding hydrogens is 441 g/mol. The van der Waals surface area contributed by atoms with Gasteiger partial charge in [-0.3, -0.25) is 9.59 Å². The van der Waals surface area contributed by atoms with Crippen LogP contribution in [-0.2, 0) is 16.1 Å². The monoisotopic (exact) mass is 463 g/mol. The van der Waals surface area contributed by atoms with E-state index in [2.05, 4.69) is 15.5 Å². The Morgan fingerprint density at radius 3 is 2.65 bits per heavy atom. The molecule has 0 bridgehead atoms. The van der Waals surface area contributed by atoms with Crippen LogP contribution >= 0.6 is 23.2 Å². The van der Waals surface area contributed by atoms with Crippen LogP contribution in [-0.4, -0.2) is 54.5 Å². The normalized spacial score (nSPS) is 16.8. The molecule has 164 valence electrons. The van der Waals surface area contributed by atoms with Gasteiger partial charge in [-0.25, -0.2) is 4.79 Å². The molecule has 9 heteroatoms. The van der Waals surface area contributed by atoms with Crippen LogP contribution in [0, 0.1) is 0 Å². The molecule has 1 unspecified atom stereocenters. The highest BCUT2D eigenvalue weighted by Gasteiger charge is 2.28. The summed E-state index contributed by atoms with van der Waals surface area (Å²) in [5, 5.41) is 15.3. The maximum Gasteiger partial charge on any atom is 0.326 e. The van der Waals surface area contributed by atoms with Gasteiger partial charge < -0.3 is 20.6 Å². The van der Waals surface area contributed by atoms with Crippen LogP contribution in [0.3, 0.4) is 0 Å². The number of carbonyl (C=O) groups is 3. The number of carboxylic acids is 1. The molecule has 7 nitrogen and oxygen atoms in total. The highest BCUT2D eigenvalue weighted by atomic mass is 35.5. The van der Waals surface area contributed by atoms with Gasteiger partial charge in [0.15, 0.2) is 0 Å². The molecule has 0 fully saturated rings. The first-order chi connectivity index (χ1) is 14.7. The van der Waals surface area contributed by atoms with Gasteiger partial charge in [0.05, 0.1) is 6.42 Å². The molecule has 0 saturated carbocycles. The molecule has 2 amide bonds. The number of benzene rings is 2. The lowest BCUT2D eigenvalue weighted by molar-refractivity contribution is -0.141. The van der Waals surface area contributed by atoms with Gasteiger partial charge in [-0.1, -0.05) is 35.3 Å². The van der Waals surface area contributed by atoms with Crippen LogP contribution in [0.15, 0.2) is 36.4 Å². The number of likely N-dealkylation sites (N-methyl/N-ethyl adjacent to an activating group) is 1. The number of hydrogen-bond acceptors (Lipinski definition) is 4. The fourth-order valence-corrected chi connectivity index (χ4v) is 4.33. The van der Waals surface area contributed by atoms with Crippen molar-refractivity contribution in [1.82, 2.24) is 15.5 Å². The number of carboxylic acid groups (broad SMARTS) is 1. The second-order valence-electron chi connectivity index (χ2n) is 7.57. The van der Waals surface area contributed by atoms with Gasteiger partial charge in [-0.15, -0.1) is 0 Å². The molecule has 2 atom stereocenters. The van der Waals surface area contributed by atoms with Crippen LogP contribution < -0.4 is 10.6 Å². The summed E-state index contributed by atoms with van der Waals surface area (Å²) in [7, 11) is 3.40. The van der Waals surface area contributed by atoms with Crippen molar-refractivity contribution in [2.75, 3.05) is 20.6 Å². The summed E-state index contributed by atoms with van der Waals surface area (Å²) < 4.78 is 0. The van der Waals surface area contributed by atoms with Gasteiger partial charge in [-0.2, -0.15) is 0 Å². The van der Waals surface area contributed by atoms with Crippen LogP contribution in [0.4, 0.5) is 0 Å². The first kappa shape index (κ1) is 23.1. The van der Waals surface area contributed by atoms with Crippen molar-refractivity contribution in [2.45, 2.75) is 24.9 Å². The fourth-order valence-electron chi connectivity index (χ4n) is 3.76. The summed E-state index contributed by atoms with van der Waals surface area (Å²) >= 11 is 12.7. The number of nitrogens with one attached hydrogen (secondary N) is 2. The third-order valence-corrected chi connectivity index (χ3v) is 5.87. The van der Waals surface area contributed by atoms with Crippen molar-refractivity contribution >= 4 is 41.0 Å². The SMILES string of the molecule is CNC(=O)C[C@H](NC(=O)c1cccc(C2CN(C)Cc3c(Cl)cc(Cl)cc32)c1)C(=O)O. The van der Waals surface area contributed by atoms with E-state index in [4.69, 9.17) is 23.2 Å². The van der Waals surface area contributed by atoms with Crippen molar-refractivity contribution in [1.29, 1.82) is 0 Å². The van der Waals surface area contributed by atoms with Crippen LogP contribution in [0.25, 0.3) is 0 Å². The molecule has 2 aromatic rings. The number of amides is 2. The molecule has 0 radical (unpaired) electrons. The number of halogens is 2. The molecular formula is C22H23Cl2N3O4. The van der Waals surface area contributed by atoms with Crippen molar-refractivity contribution < 1.29 is 19.5 Å². The highest BCUT2D eigenvalue weighted by molar-refractivity contribution is 6.35. The lowest BCUT2D eigenvalue weighted by Gasteiger charge is -2.33. The molecule has 3 N–H and O–H groups in total. The molecule has 0 saturated heterocycles. The first-order valence-corrected chi connectivity index (χ1v) is 10.5. The second kappa shape index (κ2) is 9.68. The number of hydrogen-bond donors (Lipinski definition) is 3. The topological polar surface area (TPSA) is 98.7 Å². The van der Waals surface area contributed by atoms with Crippen LogP contribution in [0.1, 0.15) is 39.4 Å². The molecule has 1 heterocycles. The van der Waals surface area contributed by atoms with E-state index in [1.54, 1.807) is 24.3 Å². The maximum absolute atomic E-state index is 12.7. The van der Waals surface area contributed by atoms with Gasteiger partial charge in [0.2, 0.25) is 5.91 Å². The van der Waals surface area contributed by atoms with Crippen molar-refractivity contribution in [3.05, 3.63) is 68.7 Å². The fraction of sp³-hybridized carbons (Fsp3) is 0.318. The first-order valence-electron chi connectivity index (χ1n) is 9.70. The van der Waals surface area contributed by atoms with Gasteiger partial charge in [-0.05, 0) is 48.0 Å². The quantitative estimate of drug-likeness (QED) is 0.611. The molecule has 3 rings (SSSR count). The Kier molecular flexibility index (Phi) is 7.20. The standard InChI is InChI=1S/C22H23Cl2N3O4/c1-25-20(28)9-19(22(30)31)26-21(29)13-5-3-4-12(6-13)16-10-27(2)11-17-15(16)7-14(23)8-18(17)24/h3-8,16,19H,9-11H2,1-2H3,(H,25,28)(H,26,29)(H,30,31)/t16?,19-/m0/s1. The number of rotatable bonds is 6. The van der Waals surface area contributed by atoms with Gasteiger partial charge in [0.1, 0.15) is 6.04 Å². The molecule has 1 aliphatic rings. The molecule has 2 aromatic carbocycles. The minimum Gasteiger partial charge on any atom is -0.480 e. The lowest BCUT2D eigenvalue weighted by atomic mass is 9.84. The maximum atomic E-state index is 12.7. The van der Waals surface area contributed by atoms with Gasteiger partial charge >= 0.3 is 5.97 Å². The largest absolute Gasteiger partial charge is 0.480 e. The molecule has 0 aliphatic carbocycles. The van der Waals surface area contributed by atoms with Crippen LogP contribution in [0.2, 0.25) is 10.0 Å². The van der Waals surface area contributed by atoms with E-state index in [1.165, 1.54) is 7.05 Å². The number of aliphatic carboxylic acids is 1. The summed E-state index contributed by atoms with van der Waals surface area (Å²) in [5.74, 6) is -2.37. The predicted molar refractivity (Wildman–Crippen MR) is 119 cm³/mol. The summed E-state index contributed by atoms with van der Waals surface area (Å²) in [6.45, 7) is 1.41. The Labute approximate surface area is 190 Å². The number of fused-ring (bicyclic) bond motifs is 1. The van der Waals surface area contributed by atoms with Gasteiger partial charge in [0, 0.05) is 41.7 Å². The zero-order chi connectivity index (χ0) is 22.7. The Bertz CT molecular complexity index is 1030. The third-order valence-electron chi connectivity index (χ3n) is 5.32. The number of carbonyl (C=O) groups excluding carboxylic acids is 2. The summed E-state index contributed by atoms with van der Waals surface area (Å²) in [6.07, 6.45) is -0.352. The van der Waals surface area contributed by atoms with E-state index >= 15 is 0 Å². The average molecular weight is 464 g/mol. The van der Waals surface area contributed by atoms with Crippen molar-refractivity contribution in [3.8, 4) is 0 Å². The molecule has 0 spiro atoms. The van der Waals surface area contributed by atoms with Crippen molar-refractivity contribution in [2.24, 2.45) is 0 Å². The smallest absolute Gasteiger partial charge is 0.326 e. The average Bonchev–Trinajstić information content (AvgIpc) is 2.73. The third kappa shape index (κ3) is 5.36. The Balaban J connectivity index is 1.89. The highest BCUT2D eigenvalue weighted by Crippen LogP contribution is 2.38. The van der Waals surface area contributed by atoms with Crippen LogP contribution in [0.5, 0.6) is 0 Å². The Morgan fingerprint density at radius 1 is 1.23 bits per heavy atom. The second-order valence-corrected chi connectivity index (χ2v) is 8.42.